The lowest BCUT2D eigenvalue weighted by molar-refractivity contribution is 0.144. The van der Waals surface area contributed by atoms with Crippen molar-refractivity contribution in [2.24, 2.45) is 0 Å². The van der Waals surface area contributed by atoms with Gasteiger partial charge in [-0.25, -0.2) is 4.79 Å². The third-order valence-corrected chi connectivity index (χ3v) is 5.31. The normalized spacial score (nSPS) is 15.7. The minimum absolute atomic E-state index is 0.0449. The number of carboxylic acid groups (broad SMARTS) is 1. The summed E-state index contributed by atoms with van der Waals surface area (Å²) in [5.74, 6) is 0.904. The molecule has 0 unspecified atom stereocenters. The lowest BCUT2D eigenvalue weighted by atomic mass is 9.77. The zero-order valence-electron chi connectivity index (χ0n) is 15.9. The van der Waals surface area contributed by atoms with Crippen molar-refractivity contribution in [1.82, 2.24) is 0 Å². The fourth-order valence-electron chi connectivity index (χ4n) is 4.12. The molecule has 0 spiro atoms. The van der Waals surface area contributed by atoms with Crippen molar-refractivity contribution in [2.75, 3.05) is 0 Å². The molecule has 0 aromatic heterocycles. The van der Waals surface area contributed by atoms with Crippen LogP contribution in [-0.4, -0.2) is 11.3 Å². The Morgan fingerprint density at radius 2 is 1.69 bits per heavy atom. The van der Waals surface area contributed by atoms with E-state index in [1.165, 1.54) is 30.4 Å². The Hall–Kier alpha value is -2.29. The van der Waals surface area contributed by atoms with Crippen molar-refractivity contribution < 1.29 is 14.6 Å². The maximum absolute atomic E-state index is 11.3. The highest BCUT2D eigenvalue weighted by atomic mass is 16.7. The fourth-order valence-corrected chi connectivity index (χ4v) is 4.12. The van der Waals surface area contributed by atoms with Crippen LogP contribution in [-0.2, 0) is 5.41 Å². The quantitative estimate of drug-likeness (QED) is 0.490. The van der Waals surface area contributed by atoms with Gasteiger partial charge < -0.3 is 9.84 Å². The Morgan fingerprint density at radius 1 is 1.00 bits per heavy atom. The van der Waals surface area contributed by atoms with Crippen LogP contribution < -0.4 is 4.74 Å². The van der Waals surface area contributed by atoms with Gasteiger partial charge in [0.1, 0.15) is 5.75 Å². The second-order valence-corrected chi connectivity index (χ2v) is 8.22. The van der Waals surface area contributed by atoms with Gasteiger partial charge in [-0.2, -0.15) is 0 Å². The van der Waals surface area contributed by atoms with Gasteiger partial charge in [-0.1, -0.05) is 76.4 Å². The van der Waals surface area contributed by atoms with Crippen LogP contribution in [0.15, 0.2) is 42.5 Å². The van der Waals surface area contributed by atoms with Gasteiger partial charge >= 0.3 is 6.16 Å². The van der Waals surface area contributed by atoms with E-state index in [4.69, 9.17) is 4.74 Å². The molecule has 0 bridgehead atoms. The predicted molar refractivity (Wildman–Crippen MR) is 105 cm³/mol. The van der Waals surface area contributed by atoms with Crippen LogP contribution >= 0.6 is 0 Å². The maximum Gasteiger partial charge on any atom is 0.511 e. The van der Waals surface area contributed by atoms with E-state index in [1.54, 1.807) is 6.07 Å². The van der Waals surface area contributed by atoms with Crippen molar-refractivity contribution in [3.05, 3.63) is 53.6 Å². The van der Waals surface area contributed by atoms with Crippen molar-refractivity contribution >= 4 is 6.16 Å². The lowest BCUT2D eigenvalue weighted by Gasteiger charge is -2.28. The predicted octanol–water partition coefficient (Wildman–Crippen LogP) is 6.76. The molecule has 0 atom stereocenters. The average molecular weight is 352 g/mol. The smallest absolute Gasteiger partial charge is 0.449 e. The standard InChI is InChI=1S/C23H28O3/c1-23(2,3)19-14-8-7-12-18(19)21-17(16-10-5-4-6-11-16)13-9-15-20(21)26-22(24)25/h7-9,12-16H,4-6,10-11H2,1-3H3,(H,24,25). The molecule has 3 rings (SSSR count). The first-order valence-electron chi connectivity index (χ1n) is 9.51. The maximum atomic E-state index is 11.3. The van der Waals surface area contributed by atoms with Crippen molar-refractivity contribution in [3.63, 3.8) is 0 Å². The largest absolute Gasteiger partial charge is 0.511 e. The third kappa shape index (κ3) is 3.92. The molecule has 3 nitrogen and oxygen atoms in total. The summed E-state index contributed by atoms with van der Waals surface area (Å²) in [5, 5.41) is 9.25. The van der Waals surface area contributed by atoms with Crippen molar-refractivity contribution in [2.45, 2.75) is 64.2 Å². The summed E-state index contributed by atoms with van der Waals surface area (Å²) in [6.45, 7) is 6.56. The first kappa shape index (κ1) is 18.5. The van der Waals surface area contributed by atoms with E-state index in [1.807, 2.05) is 18.2 Å². The van der Waals surface area contributed by atoms with Crippen LogP contribution in [0.1, 0.15) is 69.9 Å². The Bertz CT molecular complexity index is 780. The molecule has 2 aromatic carbocycles. The van der Waals surface area contributed by atoms with Gasteiger partial charge in [-0.05, 0) is 46.9 Å². The molecule has 0 aliphatic heterocycles. The fraction of sp³-hybridized carbons (Fsp3) is 0.435. The molecule has 0 amide bonds. The molecule has 1 aliphatic carbocycles. The molecule has 0 heterocycles. The number of benzene rings is 2. The van der Waals surface area contributed by atoms with E-state index >= 15 is 0 Å². The summed E-state index contributed by atoms with van der Waals surface area (Å²) in [5.41, 5.74) is 4.42. The molecule has 0 saturated heterocycles. The number of hydrogen-bond donors (Lipinski definition) is 1. The zero-order valence-corrected chi connectivity index (χ0v) is 15.9. The summed E-state index contributed by atoms with van der Waals surface area (Å²) in [7, 11) is 0. The summed E-state index contributed by atoms with van der Waals surface area (Å²) in [6, 6.07) is 14.1. The highest BCUT2D eigenvalue weighted by Gasteiger charge is 2.26. The molecule has 1 fully saturated rings. The van der Waals surface area contributed by atoms with E-state index in [0.29, 0.717) is 11.7 Å². The Labute approximate surface area is 156 Å². The molecule has 0 radical (unpaired) electrons. The zero-order chi connectivity index (χ0) is 18.7. The number of carbonyl (C=O) groups is 1. The van der Waals surface area contributed by atoms with E-state index in [2.05, 4.69) is 39.0 Å². The van der Waals surface area contributed by atoms with Gasteiger partial charge in [-0.15, -0.1) is 0 Å². The Kier molecular flexibility index (Phi) is 5.36. The van der Waals surface area contributed by atoms with Crippen LogP contribution in [0, 0.1) is 0 Å². The topological polar surface area (TPSA) is 46.5 Å². The Balaban J connectivity index is 2.22. The van der Waals surface area contributed by atoms with E-state index in [0.717, 1.165) is 24.0 Å². The Morgan fingerprint density at radius 3 is 2.35 bits per heavy atom. The van der Waals surface area contributed by atoms with Gasteiger partial charge in [0.05, 0.1) is 0 Å². The SMILES string of the molecule is CC(C)(C)c1ccccc1-c1c(OC(=O)O)cccc1C1CCCCC1. The van der Waals surface area contributed by atoms with Gasteiger partial charge in [-0.3, -0.25) is 0 Å². The highest BCUT2D eigenvalue weighted by molar-refractivity contribution is 5.80. The molecule has 1 saturated carbocycles. The minimum Gasteiger partial charge on any atom is -0.449 e. The van der Waals surface area contributed by atoms with E-state index < -0.39 is 6.16 Å². The van der Waals surface area contributed by atoms with Crippen molar-refractivity contribution in [3.8, 4) is 16.9 Å². The first-order chi connectivity index (χ1) is 12.4. The number of rotatable bonds is 3. The van der Waals surface area contributed by atoms with E-state index in [9.17, 15) is 9.90 Å². The molecular weight excluding hydrogens is 324 g/mol. The highest BCUT2D eigenvalue weighted by Crippen LogP contribution is 2.45. The molecule has 1 N–H and O–H groups in total. The van der Waals surface area contributed by atoms with Gasteiger partial charge in [0, 0.05) is 5.56 Å². The second-order valence-electron chi connectivity index (χ2n) is 8.22. The third-order valence-electron chi connectivity index (χ3n) is 5.31. The first-order valence-corrected chi connectivity index (χ1v) is 9.51. The summed E-state index contributed by atoms with van der Waals surface area (Å²) >= 11 is 0. The van der Waals surface area contributed by atoms with Crippen LogP contribution in [0.3, 0.4) is 0 Å². The van der Waals surface area contributed by atoms with Gasteiger partial charge in [0.2, 0.25) is 0 Å². The molecule has 3 heteroatoms. The average Bonchev–Trinajstić information content (AvgIpc) is 2.61. The monoisotopic (exact) mass is 352 g/mol. The number of ether oxygens (including phenoxy) is 1. The van der Waals surface area contributed by atoms with Crippen LogP contribution in [0.2, 0.25) is 0 Å². The van der Waals surface area contributed by atoms with Crippen LogP contribution in [0.4, 0.5) is 4.79 Å². The molecular formula is C23H28O3. The van der Waals surface area contributed by atoms with Crippen molar-refractivity contribution in [1.29, 1.82) is 0 Å². The molecule has 138 valence electrons. The number of hydrogen-bond acceptors (Lipinski definition) is 2. The van der Waals surface area contributed by atoms with Crippen LogP contribution in [0.25, 0.3) is 11.1 Å². The van der Waals surface area contributed by atoms with Gasteiger partial charge in [0.15, 0.2) is 0 Å². The van der Waals surface area contributed by atoms with Gasteiger partial charge in [0.25, 0.3) is 0 Å². The second kappa shape index (κ2) is 7.53. The van der Waals surface area contributed by atoms with Crippen LogP contribution in [0.5, 0.6) is 5.75 Å². The lowest BCUT2D eigenvalue weighted by Crippen LogP contribution is -2.15. The molecule has 26 heavy (non-hydrogen) atoms. The summed E-state index contributed by atoms with van der Waals surface area (Å²) < 4.78 is 5.22. The molecule has 1 aliphatic rings. The molecule has 2 aromatic rings. The van der Waals surface area contributed by atoms with E-state index in [-0.39, 0.29) is 5.41 Å². The minimum atomic E-state index is -1.26. The summed E-state index contributed by atoms with van der Waals surface area (Å²) in [6.07, 6.45) is 4.79. The summed E-state index contributed by atoms with van der Waals surface area (Å²) in [4.78, 5) is 11.3.